The molecule has 0 spiro atoms. The first-order chi connectivity index (χ1) is 15.4. The second-order valence-electron chi connectivity index (χ2n) is 7.19. The Hall–Kier alpha value is -3.68. The molecular formula is C24H30N4O4. The van der Waals surface area contributed by atoms with Crippen molar-refractivity contribution in [3.8, 4) is 11.5 Å². The largest absolute Gasteiger partial charge is 0.508 e. The molecular weight excluding hydrogens is 408 g/mol. The molecule has 32 heavy (non-hydrogen) atoms. The molecule has 0 aromatic heterocycles. The Labute approximate surface area is 188 Å². The van der Waals surface area contributed by atoms with E-state index in [2.05, 4.69) is 21.1 Å². The predicted molar refractivity (Wildman–Crippen MR) is 125 cm³/mol. The van der Waals surface area contributed by atoms with Gasteiger partial charge in [0.25, 0.3) is 0 Å². The van der Waals surface area contributed by atoms with Gasteiger partial charge in [-0.2, -0.15) is 10.2 Å². The van der Waals surface area contributed by atoms with Gasteiger partial charge in [0, 0.05) is 12.8 Å². The van der Waals surface area contributed by atoms with Crippen molar-refractivity contribution in [2.75, 3.05) is 0 Å². The zero-order valence-corrected chi connectivity index (χ0v) is 18.5. The second-order valence-corrected chi connectivity index (χ2v) is 7.19. The van der Waals surface area contributed by atoms with Gasteiger partial charge in [-0.15, -0.1) is 0 Å². The average molecular weight is 439 g/mol. The number of nitrogens with one attached hydrogen (secondary N) is 2. The van der Waals surface area contributed by atoms with Gasteiger partial charge in [-0.05, 0) is 85.3 Å². The molecule has 0 fully saturated rings. The summed E-state index contributed by atoms with van der Waals surface area (Å²) < 4.78 is 0. The lowest BCUT2D eigenvalue weighted by atomic mass is 10.1. The van der Waals surface area contributed by atoms with Crippen LogP contribution in [0, 0.1) is 0 Å². The van der Waals surface area contributed by atoms with E-state index < -0.39 is 0 Å². The minimum atomic E-state index is -0.214. The van der Waals surface area contributed by atoms with Crippen molar-refractivity contribution in [1.82, 2.24) is 10.9 Å². The Morgan fingerprint density at radius 2 is 1.03 bits per heavy atom. The molecule has 0 radical (unpaired) electrons. The summed E-state index contributed by atoms with van der Waals surface area (Å²) in [4.78, 5) is 24.1. The van der Waals surface area contributed by atoms with Crippen LogP contribution in [0.4, 0.5) is 0 Å². The second kappa shape index (κ2) is 12.9. The first kappa shape index (κ1) is 24.6. The third-order valence-electron chi connectivity index (χ3n) is 4.76. The van der Waals surface area contributed by atoms with E-state index in [-0.39, 0.29) is 36.2 Å². The quantitative estimate of drug-likeness (QED) is 0.242. The third kappa shape index (κ3) is 8.22. The zero-order valence-electron chi connectivity index (χ0n) is 18.5. The molecule has 8 heteroatoms. The summed E-state index contributed by atoms with van der Waals surface area (Å²) in [5.41, 5.74) is 8.21. The van der Waals surface area contributed by atoms with Gasteiger partial charge in [-0.3, -0.25) is 9.59 Å². The Balaban J connectivity index is 1.72. The van der Waals surface area contributed by atoms with E-state index >= 15 is 0 Å². The highest BCUT2D eigenvalue weighted by atomic mass is 16.3. The lowest BCUT2D eigenvalue weighted by molar-refractivity contribution is -0.123. The number of amides is 2. The van der Waals surface area contributed by atoms with Gasteiger partial charge >= 0.3 is 0 Å². The van der Waals surface area contributed by atoms with E-state index in [1.165, 1.54) is 0 Å². The number of hydrogen-bond donors (Lipinski definition) is 4. The molecule has 0 bridgehead atoms. The van der Waals surface area contributed by atoms with Crippen molar-refractivity contribution in [2.24, 2.45) is 10.2 Å². The van der Waals surface area contributed by atoms with E-state index in [1.54, 1.807) is 48.5 Å². The Morgan fingerprint density at radius 3 is 1.34 bits per heavy atom. The van der Waals surface area contributed by atoms with E-state index in [0.29, 0.717) is 25.7 Å². The number of carbonyl (C=O) groups excluding carboxylic acids is 2. The average Bonchev–Trinajstić information content (AvgIpc) is 2.79. The van der Waals surface area contributed by atoms with Crippen molar-refractivity contribution in [2.45, 2.75) is 52.4 Å². The summed E-state index contributed by atoms with van der Waals surface area (Å²) in [5.74, 6) is -0.0778. The summed E-state index contributed by atoms with van der Waals surface area (Å²) in [6.45, 7) is 3.87. The summed E-state index contributed by atoms with van der Waals surface area (Å²) >= 11 is 0. The molecule has 0 unspecified atom stereocenters. The monoisotopic (exact) mass is 438 g/mol. The minimum absolute atomic E-state index is 0.175. The van der Waals surface area contributed by atoms with Gasteiger partial charge in [-0.25, -0.2) is 10.9 Å². The fourth-order valence-corrected chi connectivity index (χ4v) is 2.95. The maximum atomic E-state index is 12.0. The fraction of sp³-hybridized carbons (Fsp3) is 0.333. The molecule has 0 saturated carbocycles. The molecule has 170 valence electrons. The van der Waals surface area contributed by atoms with Crippen molar-refractivity contribution < 1.29 is 19.8 Å². The van der Waals surface area contributed by atoms with E-state index in [4.69, 9.17) is 0 Å². The molecule has 0 aliphatic carbocycles. The van der Waals surface area contributed by atoms with Crippen molar-refractivity contribution in [1.29, 1.82) is 0 Å². The number of benzene rings is 2. The number of aromatic hydroxyl groups is 2. The molecule has 0 saturated heterocycles. The molecule has 0 atom stereocenters. The Bertz CT molecular complexity index is 871. The van der Waals surface area contributed by atoms with Crippen molar-refractivity contribution >= 4 is 23.2 Å². The molecule has 2 rings (SSSR count). The van der Waals surface area contributed by atoms with E-state index in [0.717, 1.165) is 22.6 Å². The highest BCUT2D eigenvalue weighted by molar-refractivity contribution is 6.01. The maximum Gasteiger partial charge on any atom is 0.240 e. The van der Waals surface area contributed by atoms with Gasteiger partial charge in [0.2, 0.25) is 11.8 Å². The molecule has 0 aliphatic rings. The first-order valence-electron chi connectivity index (χ1n) is 10.7. The molecule has 2 aromatic carbocycles. The Morgan fingerprint density at radius 1 is 0.688 bits per heavy atom. The molecule has 0 aliphatic heterocycles. The topological polar surface area (TPSA) is 123 Å². The SMILES string of the molecule is CCC(=NNC(=O)CCCCC(=O)NN=C(CC)c1ccc(O)cc1)c1ccc(O)cc1. The van der Waals surface area contributed by atoms with Crippen LogP contribution in [-0.2, 0) is 9.59 Å². The van der Waals surface area contributed by atoms with Crippen LogP contribution >= 0.6 is 0 Å². The molecule has 0 heterocycles. The molecule has 2 amide bonds. The molecule has 4 N–H and O–H groups in total. The van der Waals surface area contributed by atoms with Crippen molar-refractivity contribution in [3.05, 3.63) is 59.7 Å². The molecule has 2 aromatic rings. The van der Waals surface area contributed by atoms with E-state index in [9.17, 15) is 19.8 Å². The highest BCUT2D eigenvalue weighted by Crippen LogP contribution is 2.13. The number of hydrogen-bond acceptors (Lipinski definition) is 6. The summed E-state index contributed by atoms with van der Waals surface area (Å²) in [6.07, 6.45) is 2.90. The summed E-state index contributed by atoms with van der Waals surface area (Å²) in [5, 5.41) is 27.1. The fourth-order valence-electron chi connectivity index (χ4n) is 2.95. The predicted octanol–water partition coefficient (Wildman–Crippen LogP) is 3.82. The summed E-state index contributed by atoms with van der Waals surface area (Å²) in [6, 6.07) is 13.3. The van der Waals surface area contributed by atoms with Crippen LogP contribution in [0.25, 0.3) is 0 Å². The number of unbranched alkanes of at least 4 members (excludes halogenated alkanes) is 1. The van der Waals surface area contributed by atoms with Crippen LogP contribution in [0.5, 0.6) is 11.5 Å². The summed E-state index contributed by atoms with van der Waals surface area (Å²) in [7, 11) is 0. The van der Waals surface area contributed by atoms with Crippen LogP contribution in [0.15, 0.2) is 58.7 Å². The van der Waals surface area contributed by atoms with Gasteiger partial charge < -0.3 is 10.2 Å². The lowest BCUT2D eigenvalue weighted by Crippen LogP contribution is -2.21. The standard InChI is InChI=1S/C24H30N4O4/c1-3-21(17-9-13-19(29)14-10-17)25-27-23(31)7-5-6-8-24(32)28-26-22(4-2)18-11-15-20(30)16-12-18/h9-16,29-30H,3-8H2,1-2H3,(H,27,31)(H,28,32). The number of hydrazone groups is 2. The number of phenolic OH excluding ortho intramolecular Hbond substituents is 2. The third-order valence-corrected chi connectivity index (χ3v) is 4.76. The maximum absolute atomic E-state index is 12.0. The van der Waals surface area contributed by atoms with E-state index in [1.807, 2.05) is 13.8 Å². The normalized spacial score (nSPS) is 11.8. The van der Waals surface area contributed by atoms with Crippen LogP contribution in [-0.4, -0.2) is 33.5 Å². The lowest BCUT2D eigenvalue weighted by Gasteiger charge is -2.06. The zero-order chi connectivity index (χ0) is 23.3. The van der Waals surface area contributed by atoms with Crippen LogP contribution in [0.1, 0.15) is 63.5 Å². The first-order valence-corrected chi connectivity index (χ1v) is 10.7. The highest BCUT2D eigenvalue weighted by Gasteiger charge is 2.07. The van der Waals surface area contributed by atoms with Crippen LogP contribution < -0.4 is 10.9 Å². The van der Waals surface area contributed by atoms with Crippen molar-refractivity contribution in [3.63, 3.8) is 0 Å². The Kier molecular flexibility index (Phi) is 9.90. The smallest absolute Gasteiger partial charge is 0.240 e. The van der Waals surface area contributed by atoms with Gasteiger partial charge in [0.1, 0.15) is 11.5 Å². The molecule has 8 nitrogen and oxygen atoms in total. The number of nitrogens with zero attached hydrogens (tertiary/aromatic N) is 2. The van der Waals surface area contributed by atoms with Crippen LogP contribution in [0.3, 0.4) is 0 Å². The van der Waals surface area contributed by atoms with Gasteiger partial charge in [-0.1, -0.05) is 13.8 Å². The van der Waals surface area contributed by atoms with Gasteiger partial charge in [0.05, 0.1) is 11.4 Å². The van der Waals surface area contributed by atoms with Gasteiger partial charge in [0.15, 0.2) is 0 Å². The minimum Gasteiger partial charge on any atom is -0.508 e. The number of phenols is 2. The number of carbonyl (C=O) groups is 2. The van der Waals surface area contributed by atoms with Crippen LogP contribution in [0.2, 0.25) is 0 Å². The number of rotatable bonds is 11.